The summed E-state index contributed by atoms with van der Waals surface area (Å²) < 4.78 is 5.27. The number of fused-ring (bicyclic) bond motifs is 1. The van der Waals surface area contributed by atoms with Crippen molar-refractivity contribution in [2.45, 2.75) is 20.8 Å². The summed E-state index contributed by atoms with van der Waals surface area (Å²) in [6, 6.07) is 5.82. The maximum atomic E-state index is 11.3. The first kappa shape index (κ1) is 11.6. The van der Waals surface area contributed by atoms with Crippen molar-refractivity contribution in [3.8, 4) is 5.75 Å². The molecule has 0 N–H and O–H groups in total. The molecule has 0 aromatic heterocycles. The number of benzene rings is 1. The Balaban J connectivity index is 0.000000531. The van der Waals surface area contributed by atoms with Crippen molar-refractivity contribution in [2.24, 2.45) is 0 Å². The fraction of sp³-hybridized carbons (Fsp3) is 0.417. The van der Waals surface area contributed by atoms with E-state index in [9.17, 15) is 4.79 Å². The number of carbonyl (C=O) groups is 1. The molecule has 1 amide bonds. The van der Waals surface area contributed by atoms with E-state index in [-0.39, 0.29) is 12.5 Å². The number of likely N-dealkylation sites (N-methyl/N-ethyl adjacent to an activating group) is 1. The number of anilines is 1. The molecule has 0 atom stereocenters. The van der Waals surface area contributed by atoms with Gasteiger partial charge in [-0.1, -0.05) is 19.9 Å². The highest BCUT2D eigenvalue weighted by Crippen LogP contribution is 2.31. The van der Waals surface area contributed by atoms with Crippen LogP contribution in [0.3, 0.4) is 0 Å². The Morgan fingerprint density at radius 3 is 2.67 bits per heavy atom. The van der Waals surface area contributed by atoms with Crippen LogP contribution in [0, 0.1) is 6.92 Å². The van der Waals surface area contributed by atoms with E-state index in [4.69, 9.17) is 4.74 Å². The number of ether oxygens (including phenoxy) is 1. The van der Waals surface area contributed by atoms with Crippen LogP contribution in [0.5, 0.6) is 5.75 Å². The average molecular weight is 207 g/mol. The van der Waals surface area contributed by atoms with E-state index in [1.807, 2.05) is 39.0 Å². The van der Waals surface area contributed by atoms with E-state index >= 15 is 0 Å². The molecular formula is C12H17NO2. The molecule has 3 nitrogen and oxygen atoms in total. The molecule has 1 aliphatic heterocycles. The van der Waals surface area contributed by atoms with Crippen LogP contribution in [0.15, 0.2) is 18.2 Å². The van der Waals surface area contributed by atoms with Crippen LogP contribution in [0.4, 0.5) is 5.69 Å². The van der Waals surface area contributed by atoms with Crippen molar-refractivity contribution in [1.82, 2.24) is 0 Å². The van der Waals surface area contributed by atoms with E-state index < -0.39 is 0 Å². The Kier molecular flexibility index (Phi) is 3.72. The monoisotopic (exact) mass is 207 g/mol. The number of nitrogens with zero attached hydrogens (tertiary/aromatic N) is 1. The van der Waals surface area contributed by atoms with Gasteiger partial charge in [0.05, 0.1) is 5.69 Å². The number of amides is 1. The zero-order chi connectivity index (χ0) is 11.4. The van der Waals surface area contributed by atoms with Gasteiger partial charge in [0.25, 0.3) is 5.91 Å². The molecule has 0 fully saturated rings. The van der Waals surface area contributed by atoms with Gasteiger partial charge in [-0.2, -0.15) is 0 Å². The minimum absolute atomic E-state index is 0.00176. The summed E-state index contributed by atoms with van der Waals surface area (Å²) in [5.41, 5.74) is 1.99. The second kappa shape index (κ2) is 4.82. The van der Waals surface area contributed by atoms with Crippen molar-refractivity contribution in [3.05, 3.63) is 23.8 Å². The predicted molar refractivity (Wildman–Crippen MR) is 61.4 cm³/mol. The van der Waals surface area contributed by atoms with Gasteiger partial charge in [-0.3, -0.25) is 4.79 Å². The largest absolute Gasteiger partial charge is 0.482 e. The van der Waals surface area contributed by atoms with Crippen LogP contribution in [-0.2, 0) is 4.79 Å². The second-order valence-electron chi connectivity index (χ2n) is 3.21. The van der Waals surface area contributed by atoms with Crippen molar-refractivity contribution in [1.29, 1.82) is 0 Å². The van der Waals surface area contributed by atoms with E-state index in [0.29, 0.717) is 0 Å². The van der Waals surface area contributed by atoms with E-state index in [2.05, 4.69) is 0 Å². The Hall–Kier alpha value is -1.51. The first-order valence-electron chi connectivity index (χ1n) is 5.18. The van der Waals surface area contributed by atoms with Crippen molar-refractivity contribution >= 4 is 11.6 Å². The summed E-state index contributed by atoms with van der Waals surface area (Å²) in [5, 5.41) is 0. The van der Waals surface area contributed by atoms with Gasteiger partial charge in [-0.25, -0.2) is 0 Å². The Bertz CT molecular complexity index is 361. The first-order chi connectivity index (χ1) is 7.18. The lowest BCUT2D eigenvalue weighted by molar-refractivity contribution is -0.120. The smallest absolute Gasteiger partial charge is 0.264 e. The normalized spacial score (nSPS) is 13.6. The molecule has 0 saturated carbocycles. The van der Waals surface area contributed by atoms with Crippen molar-refractivity contribution < 1.29 is 9.53 Å². The Morgan fingerprint density at radius 1 is 1.33 bits per heavy atom. The standard InChI is InChI=1S/C10H11NO2.C2H6/c1-7-3-4-9-8(5-7)11(2)10(12)6-13-9;1-2/h3-5H,6H2,1-2H3;1-2H3. The quantitative estimate of drug-likeness (QED) is 0.653. The summed E-state index contributed by atoms with van der Waals surface area (Å²) in [6.07, 6.45) is 0. The Labute approximate surface area is 90.7 Å². The van der Waals surface area contributed by atoms with Crippen LogP contribution in [0.2, 0.25) is 0 Å². The van der Waals surface area contributed by atoms with Crippen molar-refractivity contribution in [3.63, 3.8) is 0 Å². The highest BCUT2D eigenvalue weighted by Gasteiger charge is 2.21. The van der Waals surface area contributed by atoms with Crippen LogP contribution in [-0.4, -0.2) is 19.6 Å². The van der Waals surface area contributed by atoms with Gasteiger partial charge >= 0.3 is 0 Å². The molecule has 0 radical (unpaired) electrons. The van der Waals surface area contributed by atoms with Crippen LogP contribution in [0.25, 0.3) is 0 Å². The molecule has 1 aromatic carbocycles. The molecule has 0 saturated heterocycles. The molecule has 2 rings (SSSR count). The zero-order valence-electron chi connectivity index (χ0n) is 9.70. The molecular weight excluding hydrogens is 190 g/mol. The third kappa shape index (κ3) is 2.29. The summed E-state index contributed by atoms with van der Waals surface area (Å²) in [4.78, 5) is 12.9. The highest BCUT2D eigenvalue weighted by molar-refractivity contribution is 5.97. The molecule has 1 heterocycles. The lowest BCUT2D eigenvalue weighted by Crippen LogP contribution is -2.35. The molecule has 1 aromatic rings. The maximum absolute atomic E-state index is 11.3. The number of rotatable bonds is 0. The fourth-order valence-corrected chi connectivity index (χ4v) is 1.38. The number of carbonyl (C=O) groups excluding carboxylic acids is 1. The van der Waals surface area contributed by atoms with Gasteiger partial charge in [0.2, 0.25) is 0 Å². The lowest BCUT2D eigenvalue weighted by Gasteiger charge is -2.25. The summed E-state index contributed by atoms with van der Waals surface area (Å²) in [7, 11) is 1.77. The first-order valence-corrected chi connectivity index (χ1v) is 5.18. The Morgan fingerprint density at radius 2 is 2.00 bits per heavy atom. The van der Waals surface area contributed by atoms with Crippen molar-refractivity contribution in [2.75, 3.05) is 18.6 Å². The van der Waals surface area contributed by atoms with Gasteiger partial charge in [-0.05, 0) is 24.6 Å². The molecule has 0 aliphatic carbocycles. The number of hydrogen-bond acceptors (Lipinski definition) is 2. The summed E-state index contributed by atoms with van der Waals surface area (Å²) in [5.74, 6) is 0.783. The van der Waals surface area contributed by atoms with Crippen LogP contribution < -0.4 is 9.64 Å². The SMILES string of the molecule is CC.Cc1ccc2c(c1)N(C)C(=O)CO2. The molecule has 0 unspecified atom stereocenters. The van der Waals surface area contributed by atoms with E-state index in [1.54, 1.807) is 11.9 Å². The molecule has 0 spiro atoms. The fourth-order valence-electron chi connectivity index (χ4n) is 1.38. The van der Waals surface area contributed by atoms with Crippen LogP contribution in [0.1, 0.15) is 19.4 Å². The third-order valence-electron chi connectivity index (χ3n) is 2.20. The van der Waals surface area contributed by atoms with Gasteiger partial charge in [-0.15, -0.1) is 0 Å². The topological polar surface area (TPSA) is 29.5 Å². The number of hydrogen-bond donors (Lipinski definition) is 0. The molecule has 0 bridgehead atoms. The van der Waals surface area contributed by atoms with Gasteiger partial charge in [0, 0.05) is 7.05 Å². The highest BCUT2D eigenvalue weighted by atomic mass is 16.5. The molecule has 1 aliphatic rings. The average Bonchev–Trinajstić information content (AvgIpc) is 2.27. The number of aryl methyl sites for hydroxylation is 1. The van der Waals surface area contributed by atoms with Gasteiger partial charge in [0.15, 0.2) is 6.61 Å². The predicted octanol–water partition coefficient (Wildman–Crippen LogP) is 2.38. The maximum Gasteiger partial charge on any atom is 0.264 e. The second-order valence-corrected chi connectivity index (χ2v) is 3.21. The minimum atomic E-state index is -0.00176. The summed E-state index contributed by atoms with van der Waals surface area (Å²) >= 11 is 0. The molecule has 3 heteroatoms. The third-order valence-corrected chi connectivity index (χ3v) is 2.20. The van der Waals surface area contributed by atoms with E-state index in [1.165, 1.54) is 0 Å². The van der Waals surface area contributed by atoms with Crippen LogP contribution >= 0.6 is 0 Å². The molecule has 15 heavy (non-hydrogen) atoms. The molecule has 82 valence electrons. The van der Waals surface area contributed by atoms with Gasteiger partial charge in [0.1, 0.15) is 5.75 Å². The van der Waals surface area contributed by atoms with E-state index in [0.717, 1.165) is 17.0 Å². The lowest BCUT2D eigenvalue weighted by atomic mass is 10.2. The van der Waals surface area contributed by atoms with Gasteiger partial charge < -0.3 is 9.64 Å². The zero-order valence-corrected chi connectivity index (χ0v) is 9.70. The summed E-state index contributed by atoms with van der Waals surface area (Å²) in [6.45, 7) is 6.14. The minimum Gasteiger partial charge on any atom is -0.482 e.